The van der Waals surface area contributed by atoms with E-state index in [1.165, 1.54) is 0 Å². The monoisotopic (exact) mass is 342 g/mol. The van der Waals surface area contributed by atoms with Crippen molar-refractivity contribution in [2.24, 2.45) is 5.92 Å². The minimum Gasteiger partial charge on any atom is -0.453 e. The summed E-state index contributed by atoms with van der Waals surface area (Å²) in [6.45, 7) is 6.66. The van der Waals surface area contributed by atoms with Crippen molar-refractivity contribution in [1.29, 1.82) is 0 Å². The zero-order chi connectivity index (χ0) is 14.5. The lowest BCUT2D eigenvalue weighted by atomic mass is 10.0. The van der Waals surface area contributed by atoms with Gasteiger partial charge in [0.05, 0.1) is 6.54 Å². The first kappa shape index (κ1) is 15.6. The van der Waals surface area contributed by atoms with Crippen LogP contribution in [0.5, 0.6) is 0 Å². The summed E-state index contributed by atoms with van der Waals surface area (Å²) >= 11 is 3.30. The lowest BCUT2D eigenvalue weighted by Gasteiger charge is -2.32. The molecule has 20 heavy (non-hydrogen) atoms. The maximum Gasteiger partial charge on any atom is 0.222 e. The molecule has 0 atom stereocenters. The molecule has 1 aliphatic rings. The highest BCUT2D eigenvalue weighted by molar-refractivity contribution is 9.10. The predicted molar refractivity (Wildman–Crippen MR) is 82.3 cm³/mol. The van der Waals surface area contributed by atoms with E-state index in [9.17, 15) is 4.79 Å². The Morgan fingerprint density at radius 2 is 2.15 bits per heavy atom. The number of halogens is 1. The van der Waals surface area contributed by atoms with Gasteiger partial charge in [-0.2, -0.15) is 0 Å². The smallest absolute Gasteiger partial charge is 0.222 e. The molecule has 1 aliphatic heterocycles. The van der Waals surface area contributed by atoms with Crippen LogP contribution < -0.4 is 5.32 Å². The van der Waals surface area contributed by atoms with Crippen LogP contribution in [-0.4, -0.2) is 29.9 Å². The molecule has 0 unspecified atom stereocenters. The molecule has 1 fully saturated rings. The number of amides is 1. The largest absolute Gasteiger partial charge is 0.453 e. The lowest BCUT2D eigenvalue weighted by molar-refractivity contribution is -0.133. The summed E-state index contributed by atoms with van der Waals surface area (Å²) < 4.78 is 6.23. The van der Waals surface area contributed by atoms with Crippen LogP contribution in [0.4, 0.5) is 0 Å². The van der Waals surface area contributed by atoms with E-state index >= 15 is 0 Å². The Labute approximate surface area is 129 Å². The van der Waals surface area contributed by atoms with Gasteiger partial charge in [0.25, 0.3) is 0 Å². The number of rotatable bonds is 5. The molecule has 2 heterocycles. The molecule has 2 rings (SSSR count). The highest BCUT2D eigenvalue weighted by Gasteiger charge is 2.22. The fourth-order valence-electron chi connectivity index (χ4n) is 2.50. The second-order valence-electron chi connectivity index (χ2n) is 5.84. The van der Waals surface area contributed by atoms with Gasteiger partial charge in [0.2, 0.25) is 5.91 Å². The number of carbonyl (C=O) groups is 1. The van der Waals surface area contributed by atoms with Crippen molar-refractivity contribution in [3.05, 3.63) is 22.6 Å². The van der Waals surface area contributed by atoms with Crippen molar-refractivity contribution in [1.82, 2.24) is 10.2 Å². The summed E-state index contributed by atoms with van der Waals surface area (Å²) in [7, 11) is 0. The minimum atomic E-state index is 0.299. The number of carbonyl (C=O) groups excluding carboxylic acids is 1. The summed E-state index contributed by atoms with van der Waals surface area (Å²) in [4.78, 5) is 14.0. The van der Waals surface area contributed by atoms with E-state index in [4.69, 9.17) is 4.42 Å². The van der Waals surface area contributed by atoms with Crippen molar-refractivity contribution in [2.45, 2.75) is 45.7 Å². The molecule has 0 spiro atoms. The Kier molecular flexibility index (Phi) is 5.66. The molecule has 1 aromatic heterocycles. The van der Waals surface area contributed by atoms with E-state index in [1.807, 2.05) is 17.0 Å². The predicted octanol–water partition coefficient (Wildman–Crippen LogP) is 3.17. The number of hydrogen-bond acceptors (Lipinski definition) is 3. The van der Waals surface area contributed by atoms with Crippen molar-refractivity contribution in [3.8, 4) is 0 Å². The van der Waals surface area contributed by atoms with Crippen LogP contribution in [-0.2, 0) is 11.3 Å². The zero-order valence-corrected chi connectivity index (χ0v) is 13.8. The third-order valence-electron chi connectivity index (χ3n) is 3.62. The van der Waals surface area contributed by atoms with Gasteiger partial charge in [0.15, 0.2) is 4.67 Å². The van der Waals surface area contributed by atoms with Gasteiger partial charge in [-0.15, -0.1) is 0 Å². The van der Waals surface area contributed by atoms with Gasteiger partial charge in [0.1, 0.15) is 5.76 Å². The number of nitrogens with zero attached hydrogens (tertiary/aromatic N) is 1. The Hall–Kier alpha value is -0.810. The summed E-state index contributed by atoms with van der Waals surface area (Å²) in [5.41, 5.74) is 0. The molecular weight excluding hydrogens is 320 g/mol. The maximum absolute atomic E-state index is 12.0. The Morgan fingerprint density at radius 3 is 2.70 bits per heavy atom. The quantitative estimate of drug-likeness (QED) is 0.893. The standard InChI is InChI=1S/C15H23BrN2O2/c1-11(2)9-15(19)18-7-5-12(6-8-18)17-10-13-3-4-14(16)20-13/h3-4,11-12,17H,5-10H2,1-2H3. The van der Waals surface area contributed by atoms with Crippen LogP contribution in [0.1, 0.15) is 38.9 Å². The van der Waals surface area contributed by atoms with Crippen LogP contribution in [0.25, 0.3) is 0 Å². The van der Waals surface area contributed by atoms with Crippen molar-refractivity contribution < 1.29 is 9.21 Å². The first-order chi connectivity index (χ1) is 9.54. The number of furan rings is 1. The average molecular weight is 343 g/mol. The van der Waals surface area contributed by atoms with Crippen molar-refractivity contribution in [3.63, 3.8) is 0 Å². The third kappa shape index (κ3) is 4.63. The van der Waals surface area contributed by atoms with Crippen LogP contribution in [0.15, 0.2) is 21.2 Å². The molecule has 0 aromatic carbocycles. The molecule has 1 aromatic rings. The maximum atomic E-state index is 12.0. The Balaban J connectivity index is 1.70. The molecule has 0 radical (unpaired) electrons. The highest BCUT2D eigenvalue weighted by Crippen LogP contribution is 2.16. The topological polar surface area (TPSA) is 45.5 Å². The molecule has 112 valence electrons. The summed E-state index contributed by atoms with van der Waals surface area (Å²) in [6.07, 6.45) is 2.70. The van der Waals surface area contributed by atoms with Crippen LogP contribution in [0.3, 0.4) is 0 Å². The molecular formula is C15H23BrN2O2. The van der Waals surface area contributed by atoms with E-state index < -0.39 is 0 Å². The van der Waals surface area contributed by atoms with Gasteiger partial charge in [-0.05, 0) is 46.8 Å². The van der Waals surface area contributed by atoms with Crippen LogP contribution >= 0.6 is 15.9 Å². The second kappa shape index (κ2) is 7.27. The Morgan fingerprint density at radius 1 is 1.45 bits per heavy atom. The van der Waals surface area contributed by atoms with Crippen molar-refractivity contribution >= 4 is 21.8 Å². The van der Waals surface area contributed by atoms with E-state index in [1.54, 1.807) is 0 Å². The zero-order valence-electron chi connectivity index (χ0n) is 12.2. The van der Waals surface area contributed by atoms with Crippen molar-refractivity contribution in [2.75, 3.05) is 13.1 Å². The van der Waals surface area contributed by atoms with Gasteiger partial charge in [-0.25, -0.2) is 0 Å². The molecule has 0 saturated carbocycles. The highest BCUT2D eigenvalue weighted by atomic mass is 79.9. The molecule has 1 amide bonds. The normalized spacial score (nSPS) is 16.9. The molecule has 1 N–H and O–H groups in total. The minimum absolute atomic E-state index is 0.299. The van der Waals surface area contributed by atoms with Gasteiger partial charge in [0, 0.05) is 25.6 Å². The second-order valence-corrected chi connectivity index (χ2v) is 6.62. The first-order valence-corrected chi connectivity index (χ1v) is 8.09. The molecule has 0 bridgehead atoms. The number of piperidine rings is 1. The molecule has 0 aliphatic carbocycles. The van der Waals surface area contributed by atoms with E-state index in [0.29, 0.717) is 24.3 Å². The summed E-state index contributed by atoms with van der Waals surface area (Å²) in [5, 5.41) is 3.50. The number of nitrogens with one attached hydrogen (secondary N) is 1. The fraction of sp³-hybridized carbons (Fsp3) is 0.667. The van der Waals surface area contributed by atoms with Gasteiger partial charge < -0.3 is 14.6 Å². The molecule has 1 saturated heterocycles. The van der Waals surface area contributed by atoms with E-state index in [2.05, 4.69) is 35.1 Å². The number of hydrogen-bond donors (Lipinski definition) is 1. The summed E-state index contributed by atoms with van der Waals surface area (Å²) in [6, 6.07) is 4.35. The van der Waals surface area contributed by atoms with Gasteiger partial charge in [-0.3, -0.25) is 4.79 Å². The Bertz CT molecular complexity index is 437. The SMILES string of the molecule is CC(C)CC(=O)N1CCC(NCc2ccc(Br)o2)CC1. The summed E-state index contributed by atoms with van der Waals surface area (Å²) in [5.74, 6) is 1.68. The number of likely N-dealkylation sites (tertiary alicyclic amines) is 1. The molecule has 5 heteroatoms. The van der Waals surface area contributed by atoms with Crippen LogP contribution in [0.2, 0.25) is 0 Å². The lowest BCUT2D eigenvalue weighted by Crippen LogP contribution is -2.44. The third-order valence-corrected chi connectivity index (χ3v) is 4.05. The first-order valence-electron chi connectivity index (χ1n) is 7.30. The van der Waals surface area contributed by atoms with Crippen LogP contribution in [0, 0.1) is 5.92 Å². The molecule has 4 nitrogen and oxygen atoms in total. The van der Waals surface area contributed by atoms with E-state index in [-0.39, 0.29) is 0 Å². The fourth-order valence-corrected chi connectivity index (χ4v) is 2.84. The average Bonchev–Trinajstić information content (AvgIpc) is 2.82. The van der Waals surface area contributed by atoms with E-state index in [0.717, 1.165) is 42.9 Å². The van der Waals surface area contributed by atoms with Gasteiger partial charge >= 0.3 is 0 Å². The van der Waals surface area contributed by atoms with Gasteiger partial charge in [-0.1, -0.05) is 13.8 Å².